The van der Waals surface area contributed by atoms with Crippen LogP contribution in [-0.2, 0) is 6.18 Å². The van der Waals surface area contributed by atoms with E-state index in [-0.39, 0.29) is 16.8 Å². The Labute approximate surface area is 107 Å². The Morgan fingerprint density at radius 1 is 1.50 bits per heavy atom. The zero-order valence-corrected chi connectivity index (χ0v) is 11.1. The maximum Gasteiger partial charge on any atom is 0.419 e. The van der Waals surface area contributed by atoms with Crippen LogP contribution in [-0.4, -0.2) is 11.5 Å². The minimum absolute atomic E-state index is 0.178. The smallest absolute Gasteiger partial charge is 0.365 e. The molecule has 7 heteroatoms. The second-order valence-electron chi connectivity index (χ2n) is 2.92. The first kappa shape index (κ1) is 13.5. The maximum absolute atomic E-state index is 12.6. The zero-order valence-electron chi connectivity index (χ0n) is 7.91. The van der Waals surface area contributed by atoms with Gasteiger partial charge in [0.1, 0.15) is 5.82 Å². The van der Waals surface area contributed by atoms with E-state index in [0.717, 1.165) is 6.07 Å². The summed E-state index contributed by atoms with van der Waals surface area (Å²) in [5.41, 5.74) is -0.810. The van der Waals surface area contributed by atoms with Crippen LogP contribution in [0.2, 0.25) is 0 Å². The van der Waals surface area contributed by atoms with E-state index in [1.54, 1.807) is 0 Å². The highest BCUT2D eigenvalue weighted by Crippen LogP contribution is 2.35. The number of rotatable bonds is 3. The SMILES string of the molecule is C=C(Br)CNc1ncc(Br)cc1C(F)(F)F. The van der Waals surface area contributed by atoms with Crippen molar-refractivity contribution in [1.82, 2.24) is 4.98 Å². The Morgan fingerprint density at radius 2 is 2.12 bits per heavy atom. The van der Waals surface area contributed by atoms with E-state index in [9.17, 15) is 13.2 Å². The van der Waals surface area contributed by atoms with Crippen molar-refractivity contribution in [2.45, 2.75) is 6.18 Å². The second kappa shape index (κ2) is 5.18. The normalized spacial score (nSPS) is 11.3. The summed E-state index contributed by atoms with van der Waals surface area (Å²) in [6, 6.07) is 0.978. The predicted octanol–water partition coefficient (Wildman–Crippen LogP) is 4.18. The Hall–Kier alpha value is -0.560. The van der Waals surface area contributed by atoms with Gasteiger partial charge < -0.3 is 5.32 Å². The van der Waals surface area contributed by atoms with Crippen LogP contribution in [0.1, 0.15) is 5.56 Å². The molecule has 0 aromatic carbocycles. The molecule has 1 N–H and O–H groups in total. The van der Waals surface area contributed by atoms with Crippen molar-refractivity contribution in [3.05, 3.63) is 33.4 Å². The van der Waals surface area contributed by atoms with Gasteiger partial charge in [-0.2, -0.15) is 13.2 Å². The number of alkyl halides is 3. The lowest BCUT2D eigenvalue weighted by Crippen LogP contribution is -2.13. The summed E-state index contributed by atoms with van der Waals surface area (Å²) in [7, 11) is 0. The van der Waals surface area contributed by atoms with Crippen LogP contribution in [0.3, 0.4) is 0 Å². The fourth-order valence-corrected chi connectivity index (χ4v) is 1.45. The van der Waals surface area contributed by atoms with Crippen LogP contribution in [0.4, 0.5) is 19.0 Å². The third kappa shape index (κ3) is 3.79. The Bertz CT molecular complexity index is 404. The molecule has 1 aromatic rings. The van der Waals surface area contributed by atoms with Crippen molar-refractivity contribution >= 4 is 37.7 Å². The molecule has 0 atom stereocenters. The minimum Gasteiger partial charge on any atom is -0.365 e. The van der Waals surface area contributed by atoms with Crippen LogP contribution in [0.5, 0.6) is 0 Å². The molecule has 0 amide bonds. The standard InChI is InChI=1S/C9H7Br2F3N2/c1-5(10)3-15-8-7(9(12,13)14)2-6(11)4-16-8/h2,4H,1,3H2,(H,15,16). The molecule has 0 spiro atoms. The van der Waals surface area contributed by atoms with Gasteiger partial charge in [0.25, 0.3) is 0 Å². The lowest BCUT2D eigenvalue weighted by Gasteiger charge is -2.13. The number of aromatic nitrogens is 1. The number of anilines is 1. The predicted molar refractivity (Wildman–Crippen MR) is 63.5 cm³/mol. The summed E-state index contributed by atoms with van der Waals surface area (Å²) in [6.45, 7) is 3.69. The van der Waals surface area contributed by atoms with Gasteiger partial charge in [-0.1, -0.05) is 22.5 Å². The van der Waals surface area contributed by atoms with Crippen LogP contribution in [0.15, 0.2) is 27.8 Å². The van der Waals surface area contributed by atoms with Gasteiger partial charge in [0, 0.05) is 21.7 Å². The molecule has 0 aliphatic carbocycles. The summed E-state index contributed by atoms with van der Waals surface area (Å²) in [4.78, 5) is 3.68. The van der Waals surface area contributed by atoms with Crippen LogP contribution < -0.4 is 5.32 Å². The average Bonchev–Trinajstić information content (AvgIpc) is 2.14. The van der Waals surface area contributed by atoms with Crippen LogP contribution in [0, 0.1) is 0 Å². The summed E-state index contributed by atoms with van der Waals surface area (Å²) in [5, 5.41) is 2.55. The van der Waals surface area contributed by atoms with Crippen molar-refractivity contribution < 1.29 is 13.2 Å². The Balaban J connectivity index is 3.03. The van der Waals surface area contributed by atoms with E-state index in [4.69, 9.17) is 0 Å². The van der Waals surface area contributed by atoms with Gasteiger partial charge in [0.05, 0.1) is 5.56 Å². The van der Waals surface area contributed by atoms with Gasteiger partial charge in [0.15, 0.2) is 0 Å². The summed E-state index contributed by atoms with van der Waals surface area (Å²) < 4.78 is 38.7. The van der Waals surface area contributed by atoms with Gasteiger partial charge in [-0.05, 0) is 22.0 Å². The number of pyridine rings is 1. The quantitative estimate of drug-likeness (QED) is 0.875. The molecule has 1 heterocycles. The molecule has 0 bridgehead atoms. The van der Waals surface area contributed by atoms with E-state index in [1.165, 1.54) is 6.20 Å². The van der Waals surface area contributed by atoms with Crippen molar-refractivity contribution in [1.29, 1.82) is 0 Å². The highest BCUT2D eigenvalue weighted by atomic mass is 79.9. The van der Waals surface area contributed by atoms with Gasteiger partial charge in [-0.3, -0.25) is 0 Å². The topological polar surface area (TPSA) is 24.9 Å². The fourth-order valence-electron chi connectivity index (χ4n) is 0.976. The van der Waals surface area contributed by atoms with E-state index in [1.807, 2.05) is 0 Å². The van der Waals surface area contributed by atoms with Crippen molar-refractivity contribution in [3.8, 4) is 0 Å². The van der Waals surface area contributed by atoms with Gasteiger partial charge >= 0.3 is 6.18 Å². The fraction of sp³-hybridized carbons (Fsp3) is 0.222. The van der Waals surface area contributed by atoms with E-state index in [2.05, 4.69) is 48.7 Å². The summed E-state index contributed by atoms with van der Waals surface area (Å²) in [6.07, 6.45) is -3.14. The van der Waals surface area contributed by atoms with Crippen molar-refractivity contribution in [2.24, 2.45) is 0 Å². The maximum atomic E-state index is 12.6. The lowest BCUT2D eigenvalue weighted by molar-refractivity contribution is -0.137. The number of nitrogens with one attached hydrogen (secondary N) is 1. The monoisotopic (exact) mass is 358 g/mol. The van der Waals surface area contributed by atoms with E-state index in [0.29, 0.717) is 4.48 Å². The molecule has 0 saturated carbocycles. The molecule has 0 aliphatic heterocycles. The molecule has 0 radical (unpaired) electrons. The molecular formula is C9H7Br2F3N2. The Kier molecular flexibility index (Phi) is 4.37. The molecule has 2 nitrogen and oxygen atoms in total. The number of hydrogen-bond donors (Lipinski definition) is 1. The van der Waals surface area contributed by atoms with E-state index >= 15 is 0 Å². The first-order valence-corrected chi connectivity index (χ1v) is 5.69. The average molecular weight is 360 g/mol. The molecular weight excluding hydrogens is 353 g/mol. The third-order valence-corrected chi connectivity index (χ3v) is 2.32. The molecule has 88 valence electrons. The minimum atomic E-state index is -4.44. The van der Waals surface area contributed by atoms with Crippen LogP contribution in [0.25, 0.3) is 0 Å². The van der Waals surface area contributed by atoms with Gasteiger partial charge in [-0.15, -0.1) is 0 Å². The van der Waals surface area contributed by atoms with Crippen molar-refractivity contribution in [3.63, 3.8) is 0 Å². The highest BCUT2D eigenvalue weighted by Gasteiger charge is 2.34. The van der Waals surface area contributed by atoms with E-state index < -0.39 is 11.7 Å². The first-order chi connectivity index (χ1) is 7.30. The largest absolute Gasteiger partial charge is 0.419 e. The molecule has 1 rings (SSSR count). The zero-order chi connectivity index (χ0) is 12.3. The molecule has 0 unspecified atom stereocenters. The number of nitrogens with zero attached hydrogens (tertiary/aromatic N) is 1. The first-order valence-electron chi connectivity index (χ1n) is 4.10. The molecule has 0 fully saturated rings. The van der Waals surface area contributed by atoms with Gasteiger partial charge in [-0.25, -0.2) is 4.98 Å². The molecule has 1 aromatic heterocycles. The van der Waals surface area contributed by atoms with Crippen molar-refractivity contribution in [2.75, 3.05) is 11.9 Å². The summed E-state index contributed by atoms with van der Waals surface area (Å²) in [5.74, 6) is -0.212. The number of hydrogen-bond acceptors (Lipinski definition) is 2. The summed E-state index contributed by atoms with van der Waals surface area (Å²) >= 11 is 6.00. The lowest BCUT2D eigenvalue weighted by atomic mass is 10.2. The number of halogens is 5. The molecule has 0 aliphatic rings. The second-order valence-corrected chi connectivity index (χ2v) is 4.96. The molecule has 16 heavy (non-hydrogen) atoms. The Morgan fingerprint density at radius 3 is 2.62 bits per heavy atom. The molecule has 0 saturated heterocycles. The van der Waals surface area contributed by atoms with Gasteiger partial charge in [0.2, 0.25) is 0 Å². The highest BCUT2D eigenvalue weighted by molar-refractivity contribution is 9.11. The third-order valence-electron chi connectivity index (χ3n) is 1.61. The van der Waals surface area contributed by atoms with Crippen LogP contribution >= 0.6 is 31.9 Å².